The van der Waals surface area contributed by atoms with Crippen molar-refractivity contribution >= 4 is 10.8 Å². The van der Waals surface area contributed by atoms with E-state index in [1.165, 1.54) is 10.8 Å². The first-order chi connectivity index (χ1) is 9.29. The van der Waals surface area contributed by atoms with E-state index in [1.807, 2.05) is 32.2 Å². The molecule has 2 aromatic carbocycles. The number of nitrogens with one attached hydrogen (secondary N) is 1. The molecule has 96 valence electrons. The molecule has 19 heavy (non-hydrogen) atoms. The third-order valence-electron chi connectivity index (χ3n) is 3.29. The highest BCUT2D eigenvalue weighted by atomic mass is 15.5. The Kier molecular flexibility index (Phi) is 2.97. The minimum atomic E-state index is 0.0986. The van der Waals surface area contributed by atoms with Crippen LogP contribution in [-0.4, -0.2) is 27.3 Å². The molecule has 1 unspecified atom stereocenters. The van der Waals surface area contributed by atoms with Gasteiger partial charge in [-0.15, -0.1) is 5.10 Å². The summed E-state index contributed by atoms with van der Waals surface area (Å²) >= 11 is 0. The molecule has 1 heterocycles. The second-order valence-corrected chi connectivity index (χ2v) is 4.49. The maximum Gasteiger partial charge on any atom is 0.173 e. The summed E-state index contributed by atoms with van der Waals surface area (Å²) < 4.78 is 1.77. The van der Waals surface area contributed by atoms with Crippen LogP contribution in [0.5, 0.6) is 0 Å². The van der Waals surface area contributed by atoms with E-state index in [-0.39, 0.29) is 6.04 Å². The monoisotopic (exact) mass is 253 g/mol. The van der Waals surface area contributed by atoms with E-state index < -0.39 is 0 Å². The smallest absolute Gasteiger partial charge is 0.173 e. The Balaban J connectivity index is 2.12. The molecule has 0 aliphatic carbocycles. The number of nitrogens with zero attached hydrogens (tertiary/aromatic N) is 4. The van der Waals surface area contributed by atoms with Gasteiger partial charge in [-0.1, -0.05) is 30.3 Å². The summed E-state index contributed by atoms with van der Waals surface area (Å²) in [4.78, 5) is 0. The van der Waals surface area contributed by atoms with Crippen LogP contribution in [-0.2, 0) is 0 Å². The van der Waals surface area contributed by atoms with Gasteiger partial charge in [-0.05, 0) is 47.3 Å². The minimum absolute atomic E-state index is 0.0986. The normalized spacial score (nSPS) is 12.7. The third-order valence-corrected chi connectivity index (χ3v) is 3.29. The van der Waals surface area contributed by atoms with Crippen LogP contribution in [0.3, 0.4) is 0 Å². The fraction of sp³-hybridized carbons (Fsp3) is 0.214. The summed E-state index contributed by atoms with van der Waals surface area (Å²) in [5.74, 6) is 0.804. The lowest BCUT2D eigenvalue weighted by Gasteiger charge is -2.10. The molecule has 5 heteroatoms. The lowest BCUT2D eigenvalue weighted by Crippen LogP contribution is -2.17. The zero-order valence-electron chi connectivity index (χ0n) is 10.9. The van der Waals surface area contributed by atoms with Gasteiger partial charge in [0, 0.05) is 0 Å². The van der Waals surface area contributed by atoms with E-state index in [9.17, 15) is 0 Å². The number of hydrogen-bond acceptors (Lipinski definition) is 4. The predicted octanol–water partition coefficient (Wildman–Crippen LogP) is 2.10. The summed E-state index contributed by atoms with van der Waals surface area (Å²) in [5, 5.41) is 17.5. The lowest BCUT2D eigenvalue weighted by molar-refractivity contribution is 0.589. The zero-order chi connectivity index (χ0) is 13.2. The van der Waals surface area contributed by atoms with Crippen molar-refractivity contribution in [3.63, 3.8) is 0 Å². The fourth-order valence-electron chi connectivity index (χ4n) is 2.09. The zero-order valence-corrected chi connectivity index (χ0v) is 10.9. The van der Waals surface area contributed by atoms with Crippen LogP contribution in [0, 0.1) is 0 Å². The highest BCUT2D eigenvalue weighted by molar-refractivity contribution is 5.84. The fourth-order valence-corrected chi connectivity index (χ4v) is 2.09. The van der Waals surface area contributed by atoms with Crippen LogP contribution in [0.15, 0.2) is 42.5 Å². The third kappa shape index (κ3) is 2.08. The van der Waals surface area contributed by atoms with Crippen molar-refractivity contribution in [2.75, 3.05) is 7.05 Å². The van der Waals surface area contributed by atoms with Gasteiger partial charge in [0.1, 0.15) is 0 Å². The largest absolute Gasteiger partial charge is 0.311 e. The quantitative estimate of drug-likeness (QED) is 0.776. The second-order valence-electron chi connectivity index (χ2n) is 4.49. The van der Waals surface area contributed by atoms with Crippen molar-refractivity contribution in [1.29, 1.82) is 0 Å². The number of fused-ring (bicyclic) bond motifs is 1. The van der Waals surface area contributed by atoms with Crippen LogP contribution < -0.4 is 5.32 Å². The van der Waals surface area contributed by atoms with E-state index in [0.29, 0.717) is 0 Å². The predicted molar refractivity (Wildman–Crippen MR) is 74.1 cm³/mol. The van der Waals surface area contributed by atoms with E-state index in [0.717, 1.165) is 11.5 Å². The van der Waals surface area contributed by atoms with Crippen LogP contribution in [0.2, 0.25) is 0 Å². The van der Waals surface area contributed by atoms with Gasteiger partial charge in [0.15, 0.2) is 5.82 Å². The van der Waals surface area contributed by atoms with E-state index in [4.69, 9.17) is 0 Å². The molecule has 1 atom stereocenters. The molecule has 0 aliphatic rings. The van der Waals surface area contributed by atoms with E-state index in [1.54, 1.807) is 4.68 Å². The van der Waals surface area contributed by atoms with Gasteiger partial charge in [-0.2, -0.15) is 4.68 Å². The number of rotatable bonds is 3. The Morgan fingerprint density at radius 1 is 1.11 bits per heavy atom. The van der Waals surface area contributed by atoms with Crippen molar-refractivity contribution in [3.05, 3.63) is 48.3 Å². The average Bonchev–Trinajstić information content (AvgIpc) is 2.95. The Morgan fingerprint density at radius 2 is 1.89 bits per heavy atom. The molecule has 1 N–H and O–H groups in total. The van der Waals surface area contributed by atoms with Crippen LogP contribution in [0.25, 0.3) is 16.5 Å². The molecule has 0 saturated carbocycles. The topological polar surface area (TPSA) is 55.6 Å². The SMILES string of the molecule is CNC(C)c1nnnn1-c1ccc2ccccc2c1. The molecular weight excluding hydrogens is 238 g/mol. The standard InChI is InChI=1S/C14H15N5/c1-10(15-2)14-16-17-18-19(14)13-8-7-11-5-3-4-6-12(11)9-13/h3-10,15H,1-2H3. The first-order valence-electron chi connectivity index (χ1n) is 6.24. The number of hydrogen-bond donors (Lipinski definition) is 1. The van der Waals surface area contributed by atoms with Crippen molar-refractivity contribution in [1.82, 2.24) is 25.5 Å². The average molecular weight is 253 g/mol. The number of aromatic nitrogens is 4. The number of benzene rings is 2. The Morgan fingerprint density at radius 3 is 2.68 bits per heavy atom. The molecule has 0 fully saturated rings. The molecule has 1 aromatic heterocycles. The summed E-state index contributed by atoms with van der Waals surface area (Å²) in [7, 11) is 1.89. The van der Waals surface area contributed by atoms with Gasteiger partial charge in [0.05, 0.1) is 11.7 Å². The molecule has 0 spiro atoms. The van der Waals surface area contributed by atoms with Crippen LogP contribution >= 0.6 is 0 Å². The minimum Gasteiger partial charge on any atom is -0.311 e. The van der Waals surface area contributed by atoms with Gasteiger partial charge in [-0.3, -0.25) is 0 Å². The van der Waals surface area contributed by atoms with Gasteiger partial charge in [0.25, 0.3) is 0 Å². The van der Waals surface area contributed by atoms with Crippen molar-refractivity contribution in [3.8, 4) is 5.69 Å². The van der Waals surface area contributed by atoms with Gasteiger partial charge in [0.2, 0.25) is 0 Å². The molecule has 0 saturated heterocycles. The first-order valence-corrected chi connectivity index (χ1v) is 6.24. The van der Waals surface area contributed by atoms with E-state index in [2.05, 4.69) is 45.1 Å². The van der Waals surface area contributed by atoms with Gasteiger partial charge in [-0.25, -0.2) is 0 Å². The second kappa shape index (κ2) is 4.78. The molecule has 5 nitrogen and oxygen atoms in total. The van der Waals surface area contributed by atoms with Crippen LogP contribution in [0.1, 0.15) is 18.8 Å². The van der Waals surface area contributed by atoms with E-state index >= 15 is 0 Å². The highest BCUT2D eigenvalue weighted by Crippen LogP contribution is 2.19. The van der Waals surface area contributed by atoms with Crippen molar-refractivity contribution < 1.29 is 0 Å². The van der Waals surface area contributed by atoms with Crippen molar-refractivity contribution in [2.45, 2.75) is 13.0 Å². The molecule has 0 amide bonds. The van der Waals surface area contributed by atoms with Gasteiger partial charge < -0.3 is 5.32 Å². The Labute approximate surface area is 111 Å². The highest BCUT2D eigenvalue weighted by Gasteiger charge is 2.14. The Hall–Kier alpha value is -2.27. The summed E-state index contributed by atoms with van der Waals surface area (Å²) in [6, 6.07) is 14.6. The summed E-state index contributed by atoms with van der Waals surface area (Å²) in [6.07, 6.45) is 0. The Bertz CT molecular complexity index is 704. The van der Waals surface area contributed by atoms with Crippen LogP contribution in [0.4, 0.5) is 0 Å². The maximum absolute atomic E-state index is 4.08. The van der Waals surface area contributed by atoms with Crippen molar-refractivity contribution in [2.24, 2.45) is 0 Å². The molecular formula is C14H15N5. The summed E-state index contributed by atoms with van der Waals surface area (Å²) in [5.41, 5.74) is 0.973. The number of tetrazole rings is 1. The molecule has 3 rings (SSSR count). The first kappa shape index (κ1) is 11.8. The molecule has 0 aliphatic heterocycles. The molecule has 0 radical (unpaired) electrons. The summed E-state index contributed by atoms with van der Waals surface area (Å²) in [6.45, 7) is 2.03. The molecule has 3 aromatic rings. The lowest BCUT2D eigenvalue weighted by atomic mass is 10.1. The maximum atomic E-state index is 4.08. The molecule has 0 bridgehead atoms. The van der Waals surface area contributed by atoms with Gasteiger partial charge >= 0.3 is 0 Å².